The fourth-order valence-corrected chi connectivity index (χ4v) is 2.51. The molecule has 0 bridgehead atoms. The largest absolute Gasteiger partial charge is 0.481 e. The molecule has 0 radical (unpaired) electrons. The summed E-state index contributed by atoms with van der Waals surface area (Å²) in [6.45, 7) is 2.20. The number of piperazine rings is 1. The molecule has 0 aliphatic carbocycles. The monoisotopic (exact) mass is 276 g/mol. The summed E-state index contributed by atoms with van der Waals surface area (Å²) in [5, 5.41) is 11.9. The van der Waals surface area contributed by atoms with E-state index in [9.17, 15) is 9.59 Å². The Labute approximate surface area is 118 Å². The minimum absolute atomic E-state index is 0.0432. The molecule has 108 valence electrons. The van der Waals surface area contributed by atoms with Crippen LogP contribution in [-0.2, 0) is 9.59 Å². The van der Waals surface area contributed by atoms with Crippen LogP contribution in [-0.4, -0.2) is 41.5 Å². The van der Waals surface area contributed by atoms with Gasteiger partial charge in [0.05, 0.1) is 6.04 Å². The van der Waals surface area contributed by atoms with Gasteiger partial charge in [0, 0.05) is 32.5 Å². The zero-order valence-electron chi connectivity index (χ0n) is 11.4. The summed E-state index contributed by atoms with van der Waals surface area (Å²) in [6, 6.07) is 9.99. The van der Waals surface area contributed by atoms with E-state index in [0.29, 0.717) is 19.4 Å². The standard InChI is InChI=1S/C15H20N2O3/c18-14(7-4-8-15(19)20)17-10-9-16-11-13(17)12-5-2-1-3-6-12/h1-3,5-6,13,16H,4,7-11H2,(H,19,20). The van der Waals surface area contributed by atoms with Gasteiger partial charge in [0.1, 0.15) is 0 Å². The first kappa shape index (κ1) is 14.5. The van der Waals surface area contributed by atoms with Gasteiger partial charge in [-0.25, -0.2) is 0 Å². The van der Waals surface area contributed by atoms with E-state index in [0.717, 1.165) is 18.7 Å². The van der Waals surface area contributed by atoms with Gasteiger partial charge in [-0.15, -0.1) is 0 Å². The van der Waals surface area contributed by atoms with Crippen LogP contribution in [0.25, 0.3) is 0 Å². The highest BCUT2D eigenvalue weighted by molar-refractivity contribution is 5.77. The van der Waals surface area contributed by atoms with Crippen LogP contribution in [0.2, 0.25) is 0 Å². The number of nitrogens with zero attached hydrogens (tertiary/aromatic N) is 1. The van der Waals surface area contributed by atoms with Crippen molar-refractivity contribution in [3.05, 3.63) is 35.9 Å². The number of rotatable bonds is 5. The molecule has 1 amide bonds. The SMILES string of the molecule is O=C(O)CCCC(=O)N1CCNCC1c1ccccc1. The molecule has 1 aromatic carbocycles. The lowest BCUT2D eigenvalue weighted by Gasteiger charge is -2.36. The molecule has 1 aliphatic rings. The third-order valence-corrected chi connectivity index (χ3v) is 3.53. The quantitative estimate of drug-likeness (QED) is 0.853. The summed E-state index contributed by atoms with van der Waals surface area (Å²) in [5.41, 5.74) is 1.12. The number of carbonyl (C=O) groups excluding carboxylic acids is 1. The molecule has 2 rings (SSSR count). The molecule has 5 heteroatoms. The van der Waals surface area contributed by atoms with E-state index in [2.05, 4.69) is 5.32 Å². The minimum Gasteiger partial charge on any atom is -0.481 e. The average Bonchev–Trinajstić information content (AvgIpc) is 2.47. The molecule has 1 heterocycles. The molecule has 1 unspecified atom stereocenters. The van der Waals surface area contributed by atoms with E-state index in [4.69, 9.17) is 5.11 Å². The van der Waals surface area contributed by atoms with Gasteiger partial charge in [0.15, 0.2) is 0 Å². The maximum atomic E-state index is 12.3. The van der Waals surface area contributed by atoms with Gasteiger partial charge in [-0.1, -0.05) is 30.3 Å². The van der Waals surface area contributed by atoms with E-state index >= 15 is 0 Å². The van der Waals surface area contributed by atoms with Crippen LogP contribution in [0.15, 0.2) is 30.3 Å². The van der Waals surface area contributed by atoms with E-state index in [1.165, 1.54) is 0 Å². The average molecular weight is 276 g/mol. The van der Waals surface area contributed by atoms with Crippen molar-refractivity contribution in [2.45, 2.75) is 25.3 Å². The van der Waals surface area contributed by atoms with Crippen molar-refractivity contribution in [3.8, 4) is 0 Å². The summed E-state index contributed by atoms with van der Waals surface area (Å²) < 4.78 is 0. The molecule has 20 heavy (non-hydrogen) atoms. The molecular weight excluding hydrogens is 256 g/mol. The number of carboxylic acids is 1. The molecule has 1 fully saturated rings. The highest BCUT2D eigenvalue weighted by atomic mass is 16.4. The van der Waals surface area contributed by atoms with Gasteiger partial charge >= 0.3 is 5.97 Å². The van der Waals surface area contributed by atoms with Crippen molar-refractivity contribution >= 4 is 11.9 Å². The summed E-state index contributed by atoms with van der Waals surface area (Å²) in [7, 11) is 0. The second-order valence-electron chi connectivity index (χ2n) is 4.97. The fraction of sp³-hybridized carbons (Fsp3) is 0.467. The number of carboxylic acid groups (broad SMARTS) is 1. The molecule has 1 saturated heterocycles. The lowest BCUT2D eigenvalue weighted by Crippen LogP contribution is -2.48. The van der Waals surface area contributed by atoms with Gasteiger partial charge in [0.2, 0.25) is 5.91 Å². The van der Waals surface area contributed by atoms with Gasteiger partial charge < -0.3 is 15.3 Å². The van der Waals surface area contributed by atoms with Gasteiger partial charge in [-0.3, -0.25) is 9.59 Å². The normalized spacial score (nSPS) is 18.8. The highest BCUT2D eigenvalue weighted by Crippen LogP contribution is 2.23. The second kappa shape index (κ2) is 7.05. The first-order chi connectivity index (χ1) is 9.68. The lowest BCUT2D eigenvalue weighted by atomic mass is 10.0. The number of aliphatic carboxylic acids is 1. The zero-order chi connectivity index (χ0) is 14.4. The molecule has 1 aliphatic heterocycles. The van der Waals surface area contributed by atoms with E-state index in [-0.39, 0.29) is 18.4 Å². The van der Waals surface area contributed by atoms with Crippen LogP contribution >= 0.6 is 0 Å². The summed E-state index contributed by atoms with van der Waals surface area (Å²) >= 11 is 0. The Balaban J connectivity index is 2.00. The van der Waals surface area contributed by atoms with Crippen molar-refractivity contribution in [2.75, 3.05) is 19.6 Å². The molecular formula is C15H20N2O3. The smallest absolute Gasteiger partial charge is 0.303 e. The molecule has 1 atom stereocenters. The number of nitrogens with one attached hydrogen (secondary N) is 1. The van der Waals surface area contributed by atoms with Crippen LogP contribution < -0.4 is 5.32 Å². The van der Waals surface area contributed by atoms with E-state index in [1.54, 1.807) is 0 Å². The number of carbonyl (C=O) groups is 2. The summed E-state index contributed by atoms with van der Waals surface area (Å²) in [5.74, 6) is -0.806. The zero-order valence-corrected chi connectivity index (χ0v) is 11.4. The van der Waals surface area contributed by atoms with Crippen LogP contribution in [0.3, 0.4) is 0 Å². The Kier molecular flexibility index (Phi) is 5.12. The predicted molar refractivity (Wildman–Crippen MR) is 75.3 cm³/mol. The Morgan fingerprint density at radius 2 is 2.00 bits per heavy atom. The first-order valence-electron chi connectivity index (χ1n) is 6.95. The maximum Gasteiger partial charge on any atom is 0.303 e. The van der Waals surface area contributed by atoms with Crippen LogP contribution in [0.4, 0.5) is 0 Å². The molecule has 2 N–H and O–H groups in total. The Hall–Kier alpha value is -1.88. The Morgan fingerprint density at radius 3 is 2.70 bits per heavy atom. The number of hydrogen-bond donors (Lipinski definition) is 2. The van der Waals surface area contributed by atoms with Crippen molar-refractivity contribution in [1.82, 2.24) is 10.2 Å². The van der Waals surface area contributed by atoms with Crippen LogP contribution in [0.5, 0.6) is 0 Å². The molecule has 1 aromatic rings. The van der Waals surface area contributed by atoms with Crippen molar-refractivity contribution in [1.29, 1.82) is 0 Å². The van der Waals surface area contributed by atoms with Crippen molar-refractivity contribution in [3.63, 3.8) is 0 Å². The number of benzene rings is 1. The molecule has 5 nitrogen and oxygen atoms in total. The number of amides is 1. The third-order valence-electron chi connectivity index (χ3n) is 3.53. The molecule has 0 aromatic heterocycles. The summed E-state index contributed by atoms with van der Waals surface area (Å²) in [4.78, 5) is 24.6. The minimum atomic E-state index is -0.849. The number of hydrogen-bond acceptors (Lipinski definition) is 3. The fourth-order valence-electron chi connectivity index (χ4n) is 2.51. The van der Waals surface area contributed by atoms with Crippen LogP contribution in [0, 0.1) is 0 Å². The van der Waals surface area contributed by atoms with Gasteiger partial charge in [-0.2, -0.15) is 0 Å². The van der Waals surface area contributed by atoms with Crippen molar-refractivity contribution in [2.24, 2.45) is 0 Å². The topological polar surface area (TPSA) is 69.6 Å². The third kappa shape index (κ3) is 3.81. The Morgan fingerprint density at radius 1 is 1.25 bits per heavy atom. The second-order valence-corrected chi connectivity index (χ2v) is 4.97. The van der Waals surface area contributed by atoms with Crippen LogP contribution in [0.1, 0.15) is 30.9 Å². The van der Waals surface area contributed by atoms with Gasteiger partial charge in [0.25, 0.3) is 0 Å². The summed E-state index contributed by atoms with van der Waals surface area (Å²) in [6.07, 6.45) is 0.753. The molecule has 0 saturated carbocycles. The van der Waals surface area contributed by atoms with Crippen molar-refractivity contribution < 1.29 is 14.7 Å². The molecule has 0 spiro atoms. The van der Waals surface area contributed by atoms with E-state index < -0.39 is 5.97 Å². The van der Waals surface area contributed by atoms with E-state index in [1.807, 2.05) is 35.2 Å². The highest BCUT2D eigenvalue weighted by Gasteiger charge is 2.27. The van der Waals surface area contributed by atoms with Gasteiger partial charge in [-0.05, 0) is 12.0 Å². The Bertz CT molecular complexity index is 461. The first-order valence-corrected chi connectivity index (χ1v) is 6.95. The maximum absolute atomic E-state index is 12.3. The lowest BCUT2D eigenvalue weighted by molar-refractivity contribution is -0.137. The predicted octanol–water partition coefficient (Wildman–Crippen LogP) is 1.41.